The van der Waals surface area contributed by atoms with Crippen LogP contribution in [0.15, 0.2) is 24.3 Å². The Labute approximate surface area is 153 Å². The van der Waals surface area contributed by atoms with Gasteiger partial charge in [0, 0.05) is 38.3 Å². The fourth-order valence-electron chi connectivity index (χ4n) is 3.92. The number of hydrogen-bond acceptors (Lipinski definition) is 5. The molecule has 1 aromatic carbocycles. The van der Waals surface area contributed by atoms with Crippen LogP contribution in [0.5, 0.6) is 0 Å². The number of halogens is 1. The third-order valence-electron chi connectivity index (χ3n) is 5.76. The molecule has 7 heteroatoms. The Bertz CT molecular complexity index is 644. The van der Waals surface area contributed by atoms with Crippen LogP contribution in [0.3, 0.4) is 0 Å². The third-order valence-corrected chi connectivity index (χ3v) is 5.76. The second-order valence-corrected chi connectivity index (χ2v) is 7.43. The van der Waals surface area contributed by atoms with Crippen LogP contribution in [-0.4, -0.2) is 54.4 Å². The molecule has 3 N–H and O–H groups in total. The first-order valence-corrected chi connectivity index (χ1v) is 9.20. The maximum atomic E-state index is 14.0. The van der Waals surface area contributed by atoms with Crippen LogP contribution in [0.1, 0.15) is 37.8 Å². The molecule has 1 aromatic rings. The van der Waals surface area contributed by atoms with Crippen LogP contribution in [-0.2, 0) is 9.53 Å². The molecule has 6 nitrogen and oxygen atoms in total. The molecule has 2 fully saturated rings. The van der Waals surface area contributed by atoms with Gasteiger partial charge in [-0.1, -0.05) is 25.1 Å². The average Bonchev–Trinajstić information content (AvgIpc) is 3.12. The summed E-state index contributed by atoms with van der Waals surface area (Å²) in [6.07, 6.45) is 1.62. The Balaban J connectivity index is 1.58. The van der Waals surface area contributed by atoms with E-state index in [1.54, 1.807) is 30.2 Å². The highest BCUT2D eigenvalue weighted by Gasteiger charge is 2.42. The number of hydrazine groups is 1. The van der Waals surface area contributed by atoms with Gasteiger partial charge in [0.2, 0.25) is 5.91 Å². The highest BCUT2D eigenvalue weighted by molar-refractivity contribution is 5.82. The maximum absolute atomic E-state index is 14.0. The van der Waals surface area contributed by atoms with E-state index in [0.717, 1.165) is 0 Å². The first kappa shape index (κ1) is 19.2. The largest absolute Gasteiger partial charge is 0.389 e. The number of carbonyl (C=O) groups is 1. The number of nitrogens with zero attached hydrogens (tertiary/aromatic N) is 1. The monoisotopic (exact) mass is 365 g/mol. The summed E-state index contributed by atoms with van der Waals surface area (Å²) in [5.41, 5.74) is 5.82. The molecule has 26 heavy (non-hydrogen) atoms. The number of amides is 1. The lowest BCUT2D eigenvalue weighted by molar-refractivity contribution is -0.142. The second-order valence-electron chi connectivity index (χ2n) is 7.43. The Morgan fingerprint density at radius 2 is 2.19 bits per heavy atom. The molecule has 0 radical (unpaired) electrons. The normalized spacial score (nSPS) is 32.0. The molecule has 0 aromatic heterocycles. The molecule has 0 aliphatic carbocycles. The van der Waals surface area contributed by atoms with Crippen molar-refractivity contribution in [1.82, 2.24) is 15.8 Å². The highest BCUT2D eigenvalue weighted by Crippen LogP contribution is 2.32. The molecule has 0 bridgehead atoms. The van der Waals surface area contributed by atoms with Crippen molar-refractivity contribution in [3.63, 3.8) is 0 Å². The minimum absolute atomic E-state index is 0.00280. The van der Waals surface area contributed by atoms with Crippen LogP contribution in [0.4, 0.5) is 4.39 Å². The van der Waals surface area contributed by atoms with E-state index in [1.807, 2.05) is 6.92 Å². The SMILES string of the molecule is COCC[C@@]1(O)CCN(C(=O)C2CC(c3ccccc3F)NN2)C[C@@H]1C. The lowest BCUT2D eigenvalue weighted by atomic mass is 9.79. The molecule has 2 aliphatic heterocycles. The van der Waals surface area contributed by atoms with Gasteiger partial charge in [-0.3, -0.25) is 4.79 Å². The van der Waals surface area contributed by atoms with E-state index in [0.29, 0.717) is 44.5 Å². The van der Waals surface area contributed by atoms with E-state index < -0.39 is 11.6 Å². The molecule has 2 saturated heterocycles. The van der Waals surface area contributed by atoms with Gasteiger partial charge in [0.1, 0.15) is 11.9 Å². The van der Waals surface area contributed by atoms with Crippen LogP contribution < -0.4 is 10.9 Å². The first-order valence-electron chi connectivity index (χ1n) is 9.20. The van der Waals surface area contributed by atoms with Crippen LogP contribution in [0, 0.1) is 11.7 Å². The van der Waals surface area contributed by atoms with Crippen molar-refractivity contribution in [2.24, 2.45) is 5.92 Å². The topological polar surface area (TPSA) is 73.8 Å². The van der Waals surface area contributed by atoms with Crippen LogP contribution in [0.25, 0.3) is 0 Å². The summed E-state index contributed by atoms with van der Waals surface area (Å²) in [6.45, 7) is 3.51. The number of piperidine rings is 1. The molecular formula is C19H28FN3O3. The minimum Gasteiger partial charge on any atom is -0.389 e. The van der Waals surface area contributed by atoms with Gasteiger partial charge in [-0.05, 0) is 25.3 Å². The number of methoxy groups -OCH3 is 1. The Hall–Kier alpha value is -1.54. The van der Waals surface area contributed by atoms with E-state index in [-0.39, 0.29) is 23.7 Å². The van der Waals surface area contributed by atoms with Crippen molar-refractivity contribution in [2.45, 2.75) is 43.9 Å². The summed E-state index contributed by atoms with van der Waals surface area (Å²) in [5, 5.41) is 10.8. The summed E-state index contributed by atoms with van der Waals surface area (Å²) >= 11 is 0. The summed E-state index contributed by atoms with van der Waals surface area (Å²) in [4.78, 5) is 14.7. The van der Waals surface area contributed by atoms with E-state index in [1.165, 1.54) is 6.07 Å². The zero-order valence-electron chi connectivity index (χ0n) is 15.4. The molecule has 2 unspecified atom stereocenters. The van der Waals surface area contributed by atoms with E-state index >= 15 is 0 Å². The predicted molar refractivity (Wildman–Crippen MR) is 95.6 cm³/mol. The van der Waals surface area contributed by atoms with Gasteiger partial charge >= 0.3 is 0 Å². The van der Waals surface area contributed by atoms with Gasteiger partial charge in [0.15, 0.2) is 0 Å². The molecule has 144 valence electrons. The summed E-state index contributed by atoms with van der Waals surface area (Å²) in [6, 6.07) is 5.99. The fourth-order valence-corrected chi connectivity index (χ4v) is 3.92. The van der Waals surface area contributed by atoms with E-state index in [2.05, 4.69) is 10.9 Å². The molecule has 2 heterocycles. The minimum atomic E-state index is -0.788. The predicted octanol–water partition coefficient (Wildman–Crippen LogP) is 1.37. The van der Waals surface area contributed by atoms with Gasteiger partial charge < -0.3 is 14.7 Å². The zero-order valence-corrected chi connectivity index (χ0v) is 15.4. The van der Waals surface area contributed by atoms with Crippen molar-refractivity contribution in [3.05, 3.63) is 35.6 Å². The molecule has 3 rings (SSSR count). The van der Waals surface area contributed by atoms with Gasteiger partial charge in [0.05, 0.1) is 11.6 Å². The van der Waals surface area contributed by atoms with Gasteiger partial charge in [-0.25, -0.2) is 15.2 Å². The van der Waals surface area contributed by atoms with Gasteiger partial charge in [0.25, 0.3) is 0 Å². The Morgan fingerprint density at radius 1 is 1.42 bits per heavy atom. The number of benzene rings is 1. The quantitative estimate of drug-likeness (QED) is 0.735. The molecule has 0 saturated carbocycles. The number of nitrogens with one attached hydrogen (secondary N) is 2. The molecule has 4 atom stereocenters. The van der Waals surface area contributed by atoms with Crippen molar-refractivity contribution in [1.29, 1.82) is 0 Å². The number of ether oxygens (including phenoxy) is 1. The number of likely N-dealkylation sites (tertiary alicyclic amines) is 1. The summed E-state index contributed by atoms with van der Waals surface area (Å²) in [5.74, 6) is -0.293. The maximum Gasteiger partial charge on any atom is 0.241 e. The number of hydrogen-bond donors (Lipinski definition) is 3. The van der Waals surface area contributed by atoms with Crippen molar-refractivity contribution >= 4 is 5.91 Å². The highest BCUT2D eigenvalue weighted by atomic mass is 19.1. The molecule has 2 aliphatic rings. The van der Waals surface area contributed by atoms with Crippen LogP contribution in [0.2, 0.25) is 0 Å². The third kappa shape index (κ3) is 3.91. The Morgan fingerprint density at radius 3 is 2.88 bits per heavy atom. The molecular weight excluding hydrogens is 337 g/mol. The standard InChI is InChI=1S/C19H28FN3O3/c1-13-12-23(9-7-19(13,25)8-10-26-2)18(24)17-11-16(21-22-17)14-5-3-4-6-15(14)20/h3-6,13,16-17,21-22,25H,7-12H2,1-2H3/t13-,16?,17?,19-/m0/s1. The summed E-state index contributed by atoms with van der Waals surface area (Å²) < 4.78 is 19.0. The number of carbonyl (C=O) groups excluding carboxylic acids is 1. The van der Waals surface area contributed by atoms with Crippen LogP contribution >= 0.6 is 0 Å². The smallest absolute Gasteiger partial charge is 0.241 e. The Kier molecular flexibility index (Phi) is 5.92. The second kappa shape index (κ2) is 8.00. The van der Waals surface area contributed by atoms with E-state index in [4.69, 9.17) is 4.74 Å². The zero-order chi connectivity index (χ0) is 18.7. The lowest BCUT2D eigenvalue weighted by Gasteiger charge is -2.43. The number of aliphatic hydroxyl groups is 1. The van der Waals surface area contributed by atoms with Crippen molar-refractivity contribution in [3.8, 4) is 0 Å². The molecule has 0 spiro atoms. The van der Waals surface area contributed by atoms with Gasteiger partial charge in [-0.2, -0.15) is 0 Å². The lowest BCUT2D eigenvalue weighted by Crippen LogP contribution is -2.56. The van der Waals surface area contributed by atoms with Crippen molar-refractivity contribution < 1.29 is 19.0 Å². The average molecular weight is 365 g/mol. The van der Waals surface area contributed by atoms with Crippen molar-refractivity contribution in [2.75, 3.05) is 26.8 Å². The molecule has 1 amide bonds. The summed E-state index contributed by atoms with van der Waals surface area (Å²) in [7, 11) is 1.62. The van der Waals surface area contributed by atoms with Gasteiger partial charge in [-0.15, -0.1) is 0 Å². The first-order chi connectivity index (χ1) is 12.4. The van der Waals surface area contributed by atoms with E-state index in [9.17, 15) is 14.3 Å². The number of rotatable bonds is 5. The fraction of sp³-hybridized carbons (Fsp3) is 0.632.